The van der Waals surface area contributed by atoms with Gasteiger partial charge in [0, 0.05) is 12.8 Å². The first-order chi connectivity index (χ1) is 8.10. The minimum absolute atomic E-state index is 0.0371. The average Bonchev–Trinajstić information content (AvgIpc) is 2.29. The molecule has 0 aliphatic heterocycles. The molecule has 5 nitrogen and oxygen atoms in total. The van der Waals surface area contributed by atoms with Gasteiger partial charge in [0.1, 0.15) is 6.61 Å². The molecule has 17 heavy (non-hydrogen) atoms. The standard InChI is InChI=1S/C12H20O5/c1-3-5-12(15,6-4-2)11(14)17-10-9-16-8-7-13/h3-4,13,15H,1-2,5-10H2. The van der Waals surface area contributed by atoms with Gasteiger partial charge in [0.25, 0.3) is 0 Å². The van der Waals surface area contributed by atoms with Crippen molar-refractivity contribution in [1.82, 2.24) is 0 Å². The molecule has 0 aliphatic rings. The summed E-state index contributed by atoms with van der Waals surface area (Å²) in [5.74, 6) is -0.718. The Balaban J connectivity index is 4.05. The van der Waals surface area contributed by atoms with E-state index in [0.29, 0.717) is 0 Å². The molecule has 0 aromatic heterocycles. The van der Waals surface area contributed by atoms with Crippen molar-refractivity contribution in [2.75, 3.05) is 26.4 Å². The summed E-state index contributed by atoms with van der Waals surface area (Å²) in [6.07, 6.45) is 3.12. The van der Waals surface area contributed by atoms with E-state index in [1.54, 1.807) is 0 Å². The molecule has 0 atom stereocenters. The predicted molar refractivity (Wildman–Crippen MR) is 63.4 cm³/mol. The van der Waals surface area contributed by atoms with Crippen molar-refractivity contribution in [1.29, 1.82) is 0 Å². The summed E-state index contributed by atoms with van der Waals surface area (Å²) in [5, 5.41) is 18.4. The first-order valence-corrected chi connectivity index (χ1v) is 5.40. The van der Waals surface area contributed by atoms with E-state index in [0.717, 1.165) is 0 Å². The van der Waals surface area contributed by atoms with Crippen molar-refractivity contribution in [3.8, 4) is 0 Å². The number of aliphatic hydroxyl groups excluding tert-OH is 1. The predicted octanol–water partition coefficient (Wildman–Crippen LogP) is 0.422. The number of ether oxygens (including phenoxy) is 2. The van der Waals surface area contributed by atoms with Crippen molar-refractivity contribution in [2.45, 2.75) is 18.4 Å². The van der Waals surface area contributed by atoms with Crippen molar-refractivity contribution in [2.24, 2.45) is 0 Å². The third-order valence-corrected chi connectivity index (χ3v) is 2.04. The Labute approximate surface area is 101 Å². The van der Waals surface area contributed by atoms with Crippen molar-refractivity contribution >= 4 is 5.97 Å². The highest BCUT2D eigenvalue weighted by molar-refractivity contribution is 5.79. The molecule has 0 unspecified atom stereocenters. The summed E-state index contributed by atoms with van der Waals surface area (Å²) in [6.45, 7) is 7.29. The lowest BCUT2D eigenvalue weighted by atomic mass is 9.96. The molecule has 98 valence electrons. The van der Waals surface area contributed by atoms with E-state index in [9.17, 15) is 9.90 Å². The third-order valence-electron chi connectivity index (χ3n) is 2.04. The molecule has 0 bridgehead atoms. The van der Waals surface area contributed by atoms with E-state index in [-0.39, 0.29) is 39.3 Å². The summed E-state index contributed by atoms with van der Waals surface area (Å²) in [6, 6.07) is 0. The van der Waals surface area contributed by atoms with Crippen LogP contribution in [0.15, 0.2) is 25.3 Å². The van der Waals surface area contributed by atoms with Crippen LogP contribution in [0, 0.1) is 0 Å². The van der Waals surface area contributed by atoms with E-state index in [1.165, 1.54) is 12.2 Å². The molecule has 0 saturated carbocycles. The Morgan fingerprint density at radius 3 is 2.24 bits per heavy atom. The number of carbonyl (C=O) groups is 1. The molecule has 0 saturated heterocycles. The second-order valence-corrected chi connectivity index (χ2v) is 3.49. The van der Waals surface area contributed by atoms with Crippen molar-refractivity contribution in [3.63, 3.8) is 0 Å². The van der Waals surface area contributed by atoms with Crippen LogP contribution in [0.1, 0.15) is 12.8 Å². The van der Waals surface area contributed by atoms with Crippen LogP contribution in [-0.2, 0) is 14.3 Å². The molecule has 0 spiro atoms. The molecular weight excluding hydrogens is 224 g/mol. The van der Waals surface area contributed by atoms with Crippen molar-refractivity contribution in [3.05, 3.63) is 25.3 Å². The van der Waals surface area contributed by atoms with Crippen LogP contribution in [-0.4, -0.2) is 48.2 Å². The van der Waals surface area contributed by atoms with Crippen molar-refractivity contribution < 1.29 is 24.5 Å². The lowest BCUT2D eigenvalue weighted by Gasteiger charge is -2.23. The molecule has 0 aromatic rings. The average molecular weight is 244 g/mol. The summed E-state index contributed by atoms with van der Waals surface area (Å²) in [4.78, 5) is 11.6. The fraction of sp³-hybridized carbons (Fsp3) is 0.583. The van der Waals surface area contributed by atoms with Gasteiger partial charge in [0.05, 0.1) is 19.8 Å². The summed E-state index contributed by atoms with van der Waals surface area (Å²) < 4.78 is 9.78. The Morgan fingerprint density at radius 1 is 1.18 bits per heavy atom. The zero-order chi connectivity index (χ0) is 13.1. The Bertz CT molecular complexity index is 239. The number of hydrogen-bond acceptors (Lipinski definition) is 5. The number of hydrogen-bond donors (Lipinski definition) is 2. The zero-order valence-electron chi connectivity index (χ0n) is 9.93. The SMILES string of the molecule is C=CCC(O)(CC=C)C(=O)OCCOCCO. The van der Waals surface area contributed by atoms with E-state index in [2.05, 4.69) is 13.2 Å². The van der Waals surface area contributed by atoms with Gasteiger partial charge >= 0.3 is 5.97 Å². The number of carbonyl (C=O) groups excluding carboxylic acids is 1. The first kappa shape index (κ1) is 15.8. The van der Waals surface area contributed by atoms with Gasteiger partial charge < -0.3 is 19.7 Å². The van der Waals surface area contributed by atoms with Crippen LogP contribution in [0.5, 0.6) is 0 Å². The maximum absolute atomic E-state index is 11.6. The van der Waals surface area contributed by atoms with E-state index in [4.69, 9.17) is 14.6 Å². The summed E-state index contributed by atoms with van der Waals surface area (Å²) in [5.41, 5.74) is -1.60. The largest absolute Gasteiger partial charge is 0.461 e. The molecular formula is C12H20O5. The van der Waals surface area contributed by atoms with E-state index < -0.39 is 11.6 Å². The minimum atomic E-state index is -1.60. The summed E-state index contributed by atoms with van der Waals surface area (Å²) in [7, 11) is 0. The van der Waals surface area contributed by atoms with Gasteiger partial charge in [-0.25, -0.2) is 4.79 Å². The van der Waals surface area contributed by atoms with E-state index >= 15 is 0 Å². The quantitative estimate of drug-likeness (QED) is 0.331. The van der Waals surface area contributed by atoms with Crippen LogP contribution in [0.2, 0.25) is 0 Å². The van der Waals surface area contributed by atoms with Gasteiger partial charge in [-0.2, -0.15) is 0 Å². The molecule has 0 heterocycles. The molecule has 5 heteroatoms. The van der Waals surface area contributed by atoms with Crippen LogP contribution in [0.3, 0.4) is 0 Å². The molecule has 2 N–H and O–H groups in total. The third kappa shape index (κ3) is 6.21. The maximum atomic E-state index is 11.6. The van der Waals surface area contributed by atoms with Gasteiger partial charge in [-0.15, -0.1) is 13.2 Å². The van der Waals surface area contributed by atoms with Crippen LogP contribution < -0.4 is 0 Å². The second kappa shape index (κ2) is 8.92. The molecule has 0 rings (SSSR count). The van der Waals surface area contributed by atoms with Gasteiger partial charge in [-0.05, 0) is 0 Å². The highest BCUT2D eigenvalue weighted by Gasteiger charge is 2.34. The van der Waals surface area contributed by atoms with Crippen LogP contribution in [0.4, 0.5) is 0 Å². The smallest absolute Gasteiger partial charge is 0.338 e. The van der Waals surface area contributed by atoms with Gasteiger partial charge in [-0.3, -0.25) is 0 Å². The lowest BCUT2D eigenvalue weighted by Crippen LogP contribution is -2.39. The molecule has 0 aromatic carbocycles. The molecule has 0 radical (unpaired) electrons. The number of rotatable bonds is 10. The van der Waals surface area contributed by atoms with Gasteiger partial charge in [0.2, 0.25) is 0 Å². The molecule has 0 amide bonds. The number of esters is 1. The zero-order valence-corrected chi connectivity index (χ0v) is 9.93. The molecule has 0 aliphatic carbocycles. The number of aliphatic hydroxyl groups is 2. The minimum Gasteiger partial charge on any atom is -0.461 e. The van der Waals surface area contributed by atoms with Gasteiger partial charge in [0.15, 0.2) is 5.60 Å². The van der Waals surface area contributed by atoms with E-state index in [1.807, 2.05) is 0 Å². The topological polar surface area (TPSA) is 76.0 Å². The Kier molecular flexibility index (Phi) is 8.31. The summed E-state index contributed by atoms with van der Waals surface area (Å²) >= 11 is 0. The molecule has 0 fully saturated rings. The Hall–Kier alpha value is -1.17. The lowest BCUT2D eigenvalue weighted by molar-refractivity contribution is -0.166. The van der Waals surface area contributed by atoms with Crippen LogP contribution >= 0.6 is 0 Å². The fourth-order valence-electron chi connectivity index (χ4n) is 1.22. The van der Waals surface area contributed by atoms with Crippen LogP contribution in [0.25, 0.3) is 0 Å². The second-order valence-electron chi connectivity index (χ2n) is 3.49. The fourth-order valence-corrected chi connectivity index (χ4v) is 1.22. The first-order valence-electron chi connectivity index (χ1n) is 5.40. The highest BCUT2D eigenvalue weighted by atomic mass is 16.6. The van der Waals surface area contributed by atoms with Gasteiger partial charge in [-0.1, -0.05) is 12.2 Å². The normalized spacial score (nSPS) is 10.9. The maximum Gasteiger partial charge on any atom is 0.338 e. The Morgan fingerprint density at radius 2 is 1.76 bits per heavy atom. The highest BCUT2D eigenvalue weighted by Crippen LogP contribution is 2.18. The monoisotopic (exact) mass is 244 g/mol.